The van der Waals surface area contributed by atoms with Gasteiger partial charge in [-0.25, -0.2) is 13.7 Å². The monoisotopic (exact) mass is 970 g/mol. The number of hydrogen-bond donors (Lipinski definition) is 8. The summed E-state index contributed by atoms with van der Waals surface area (Å²) in [5.41, 5.74) is 0. The summed E-state index contributed by atoms with van der Waals surface area (Å²) in [6.07, 6.45) is 12.7. The minimum Gasteiger partial charge on any atom is -0.462 e. The van der Waals surface area contributed by atoms with Gasteiger partial charge in [0.2, 0.25) is 0 Å². The number of carbonyl (C=O) groups is 2. The van der Waals surface area contributed by atoms with Crippen molar-refractivity contribution in [2.45, 2.75) is 236 Å². The second-order valence-electron chi connectivity index (χ2n) is 16.7. The molecule has 0 aliphatic heterocycles. The molecule has 0 aromatic heterocycles. The molecule has 63 heavy (non-hydrogen) atoms. The van der Waals surface area contributed by atoms with Crippen LogP contribution in [0.4, 0.5) is 0 Å². The van der Waals surface area contributed by atoms with Crippen LogP contribution in [0, 0.1) is 0 Å². The number of aliphatic hydroxyl groups is 3. The van der Waals surface area contributed by atoms with E-state index < -0.39 is 91.3 Å². The van der Waals surface area contributed by atoms with Gasteiger partial charge >= 0.3 is 35.4 Å². The van der Waals surface area contributed by atoms with Crippen LogP contribution in [-0.2, 0) is 50.9 Å². The van der Waals surface area contributed by atoms with Crippen molar-refractivity contribution in [1.82, 2.24) is 0 Å². The van der Waals surface area contributed by atoms with Crippen LogP contribution in [-0.4, -0.2) is 108 Å². The van der Waals surface area contributed by atoms with Crippen LogP contribution in [0.1, 0.15) is 194 Å². The minimum atomic E-state index is -5.54. The van der Waals surface area contributed by atoms with Crippen molar-refractivity contribution < 1.29 is 90.6 Å². The fraction of sp³-hybridized carbons (Fsp3) is 0.951. The number of phosphoric acid groups is 3. The van der Waals surface area contributed by atoms with Gasteiger partial charge in [0.25, 0.3) is 0 Å². The predicted octanol–water partition coefficient (Wildman–Crippen LogP) is 7.96. The van der Waals surface area contributed by atoms with E-state index in [2.05, 4.69) is 22.9 Å². The summed E-state index contributed by atoms with van der Waals surface area (Å²) >= 11 is 0. The molecule has 22 heteroatoms. The normalized spacial score (nSPS) is 22.1. The molecule has 8 N–H and O–H groups in total. The average molecular weight is 971 g/mol. The van der Waals surface area contributed by atoms with E-state index in [4.69, 9.17) is 18.5 Å². The summed E-state index contributed by atoms with van der Waals surface area (Å²) in [4.78, 5) is 73.1. The predicted molar refractivity (Wildman–Crippen MR) is 234 cm³/mol. The van der Waals surface area contributed by atoms with E-state index in [9.17, 15) is 63.1 Å². The third kappa shape index (κ3) is 30.9. The molecule has 0 spiro atoms. The Morgan fingerprint density at radius 3 is 1.08 bits per heavy atom. The number of unbranched alkanes of at least 4 members (excludes halogenated alkanes) is 24. The Morgan fingerprint density at radius 1 is 0.444 bits per heavy atom. The second kappa shape index (κ2) is 34.4. The molecule has 0 heterocycles. The lowest BCUT2D eigenvalue weighted by Crippen LogP contribution is -2.65. The molecule has 19 nitrogen and oxygen atoms in total. The van der Waals surface area contributed by atoms with Gasteiger partial charge in [-0.05, 0) is 12.8 Å². The molecular formula is C41H81O19P3. The Morgan fingerprint density at radius 2 is 0.746 bits per heavy atom. The molecule has 0 saturated heterocycles. The highest BCUT2D eigenvalue weighted by molar-refractivity contribution is 7.47. The standard InChI is InChI=1S/C41H81O19P3/c1-3-5-7-9-11-13-15-17-19-21-23-25-27-29-34(42)55-31-33(57-35(43)30-28-26-24-22-20-18-16-14-12-10-8-6-4-2)32-56-63(53,54)60-41-37(45)39(58-61(47,48)49)36(44)40(38(41)46)59-62(50,51)52/h33,36-41,44-46H,3-32H2,1-2H3,(H,53,54)(H2,47,48,49)(H2,50,51,52)/t33-,36?,37-,38-,39-,40+,41?/m1/s1. The highest BCUT2D eigenvalue weighted by Gasteiger charge is 2.56. The highest BCUT2D eigenvalue weighted by Crippen LogP contribution is 2.51. The summed E-state index contributed by atoms with van der Waals surface area (Å²) in [5, 5.41) is 31.8. The van der Waals surface area contributed by atoms with Gasteiger partial charge in [0.05, 0.1) is 6.61 Å². The van der Waals surface area contributed by atoms with Crippen LogP contribution >= 0.6 is 23.5 Å². The molecular weight excluding hydrogens is 889 g/mol. The van der Waals surface area contributed by atoms with Gasteiger partial charge in [0.1, 0.15) is 43.2 Å². The van der Waals surface area contributed by atoms with Gasteiger partial charge < -0.3 is 49.3 Å². The molecule has 0 aromatic rings. The number of rotatable bonds is 40. The first kappa shape index (κ1) is 60.2. The van der Waals surface area contributed by atoms with Gasteiger partial charge in [0, 0.05) is 12.8 Å². The third-order valence-electron chi connectivity index (χ3n) is 10.9. The molecule has 3 unspecified atom stereocenters. The summed E-state index contributed by atoms with van der Waals surface area (Å²) in [6, 6.07) is 0. The maximum Gasteiger partial charge on any atom is 0.472 e. The molecule has 0 bridgehead atoms. The Labute approximate surface area is 374 Å². The molecule has 1 aliphatic carbocycles. The third-order valence-corrected chi connectivity index (χ3v) is 12.9. The molecule has 0 radical (unpaired) electrons. The zero-order valence-corrected chi connectivity index (χ0v) is 40.3. The molecule has 1 saturated carbocycles. The van der Waals surface area contributed by atoms with E-state index in [0.29, 0.717) is 12.8 Å². The van der Waals surface area contributed by atoms with Crippen LogP contribution in [0.3, 0.4) is 0 Å². The van der Waals surface area contributed by atoms with Gasteiger partial charge in [-0.1, -0.05) is 168 Å². The highest BCUT2D eigenvalue weighted by atomic mass is 31.2. The van der Waals surface area contributed by atoms with Crippen LogP contribution in [0.2, 0.25) is 0 Å². The zero-order chi connectivity index (χ0) is 47.2. The number of aliphatic hydroxyl groups excluding tert-OH is 3. The van der Waals surface area contributed by atoms with Crippen molar-refractivity contribution in [3.05, 3.63) is 0 Å². The Hall–Kier alpha value is -0.850. The fourth-order valence-electron chi connectivity index (χ4n) is 7.41. The number of esters is 2. The first-order valence-electron chi connectivity index (χ1n) is 23.3. The summed E-state index contributed by atoms with van der Waals surface area (Å²) in [6.45, 7) is 2.92. The van der Waals surface area contributed by atoms with Crippen molar-refractivity contribution in [2.75, 3.05) is 13.2 Å². The van der Waals surface area contributed by atoms with E-state index in [1.807, 2.05) is 0 Å². The van der Waals surface area contributed by atoms with Crippen LogP contribution in [0.15, 0.2) is 0 Å². The van der Waals surface area contributed by atoms with E-state index >= 15 is 0 Å². The van der Waals surface area contributed by atoms with E-state index in [0.717, 1.165) is 57.8 Å². The van der Waals surface area contributed by atoms with Gasteiger partial charge in [0.15, 0.2) is 6.10 Å². The molecule has 1 aliphatic rings. The largest absolute Gasteiger partial charge is 0.472 e. The van der Waals surface area contributed by atoms with Crippen LogP contribution in [0.5, 0.6) is 0 Å². The van der Waals surface area contributed by atoms with E-state index in [-0.39, 0.29) is 12.8 Å². The van der Waals surface area contributed by atoms with Crippen molar-refractivity contribution in [3.63, 3.8) is 0 Å². The van der Waals surface area contributed by atoms with Crippen molar-refractivity contribution >= 4 is 35.4 Å². The number of hydrogen-bond acceptors (Lipinski definition) is 14. The molecule has 1 rings (SSSR count). The summed E-state index contributed by atoms with van der Waals surface area (Å²) < 4.78 is 65.4. The fourth-order valence-corrected chi connectivity index (χ4v) is 9.52. The molecule has 1 fully saturated rings. The Bertz CT molecular complexity index is 1310. The summed E-state index contributed by atoms with van der Waals surface area (Å²) in [7, 11) is -16.6. The van der Waals surface area contributed by atoms with Crippen LogP contribution < -0.4 is 0 Å². The van der Waals surface area contributed by atoms with Gasteiger partial charge in [-0.15, -0.1) is 0 Å². The Balaban J connectivity index is 2.76. The zero-order valence-electron chi connectivity index (χ0n) is 37.7. The molecule has 8 atom stereocenters. The molecule has 374 valence electrons. The summed E-state index contributed by atoms with van der Waals surface area (Å²) in [5.74, 6) is -1.30. The SMILES string of the molecule is CCCCCCCCCCCCCCCC(=O)OC[C@H](COP(=O)(O)OC1[C@H](O)[C@H](OP(=O)(O)O)C(O)[C@H](OP(=O)(O)O)[C@H]1O)OC(=O)CCCCCCCCCCCCCCC. The average Bonchev–Trinajstić information content (AvgIpc) is 3.20. The Kier molecular flexibility index (Phi) is 32.9. The maximum atomic E-state index is 13.1. The van der Waals surface area contributed by atoms with Crippen molar-refractivity contribution in [1.29, 1.82) is 0 Å². The minimum absolute atomic E-state index is 0.000839. The van der Waals surface area contributed by atoms with Gasteiger partial charge in [-0.3, -0.25) is 27.7 Å². The lowest BCUT2D eigenvalue weighted by atomic mass is 9.85. The van der Waals surface area contributed by atoms with Crippen molar-refractivity contribution in [3.8, 4) is 0 Å². The van der Waals surface area contributed by atoms with E-state index in [1.165, 1.54) is 96.3 Å². The maximum absolute atomic E-state index is 13.1. The molecule has 0 amide bonds. The van der Waals surface area contributed by atoms with Gasteiger partial charge in [-0.2, -0.15) is 0 Å². The lowest BCUT2D eigenvalue weighted by Gasteiger charge is -2.44. The molecule has 0 aromatic carbocycles. The van der Waals surface area contributed by atoms with Crippen LogP contribution in [0.25, 0.3) is 0 Å². The van der Waals surface area contributed by atoms with E-state index in [1.54, 1.807) is 0 Å². The first-order valence-corrected chi connectivity index (χ1v) is 27.9. The van der Waals surface area contributed by atoms with Crippen molar-refractivity contribution in [2.24, 2.45) is 0 Å². The quantitative estimate of drug-likeness (QED) is 0.0164. The smallest absolute Gasteiger partial charge is 0.462 e. The lowest BCUT2D eigenvalue weighted by molar-refractivity contribution is -0.213. The topological polar surface area (TPSA) is 303 Å². The number of phosphoric ester groups is 3. The number of ether oxygens (including phenoxy) is 2. The second-order valence-corrected chi connectivity index (χ2v) is 20.5. The first-order chi connectivity index (χ1) is 29.8. The number of carbonyl (C=O) groups excluding carboxylic acids is 2.